The normalized spacial score (nSPS) is 19.6. The van der Waals surface area contributed by atoms with Gasteiger partial charge in [-0.1, -0.05) is 48.4 Å². The summed E-state index contributed by atoms with van der Waals surface area (Å²) in [7, 11) is 0. The van der Waals surface area contributed by atoms with E-state index in [1.54, 1.807) is 0 Å². The number of piperazine rings is 1. The van der Waals surface area contributed by atoms with Crippen molar-refractivity contribution in [1.82, 2.24) is 14.7 Å². The van der Waals surface area contributed by atoms with Gasteiger partial charge < -0.3 is 4.90 Å². The summed E-state index contributed by atoms with van der Waals surface area (Å²) in [6, 6.07) is 15.1. The molecule has 0 unspecified atom stereocenters. The van der Waals surface area contributed by atoms with E-state index in [0.717, 1.165) is 58.7 Å². The fraction of sp³-hybridized carbons (Fsp3) is 0.458. The first-order chi connectivity index (χ1) is 13.7. The van der Waals surface area contributed by atoms with Crippen molar-refractivity contribution in [3.05, 3.63) is 48.0 Å². The Morgan fingerprint density at radius 2 is 1.64 bits per heavy atom. The highest BCUT2D eigenvalue weighted by molar-refractivity contribution is 5.85. The lowest BCUT2D eigenvalue weighted by molar-refractivity contribution is -0.138. The SMILES string of the molecule is C#CCN1CCC(C(=O)N2CCN(Cc3cccc4ccccc34)CC2)CC1. The van der Waals surface area contributed by atoms with Crippen molar-refractivity contribution in [2.75, 3.05) is 45.8 Å². The molecule has 0 spiro atoms. The van der Waals surface area contributed by atoms with Crippen LogP contribution >= 0.6 is 0 Å². The van der Waals surface area contributed by atoms with Crippen LogP contribution in [-0.4, -0.2) is 66.4 Å². The van der Waals surface area contributed by atoms with E-state index in [1.807, 2.05) is 0 Å². The van der Waals surface area contributed by atoms with E-state index < -0.39 is 0 Å². The van der Waals surface area contributed by atoms with Gasteiger partial charge in [0, 0.05) is 38.6 Å². The lowest BCUT2D eigenvalue weighted by Crippen LogP contribution is -2.51. The number of benzene rings is 2. The van der Waals surface area contributed by atoms with Gasteiger partial charge in [-0.2, -0.15) is 0 Å². The predicted molar refractivity (Wildman–Crippen MR) is 114 cm³/mol. The quantitative estimate of drug-likeness (QED) is 0.769. The molecule has 0 bridgehead atoms. The second kappa shape index (κ2) is 8.77. The number of fused-ring (bicyclic) bond motifs is 1. The van der Waals surface area contributed by atoms with Crippen molar-refractivity contribution in [1.29, 1.82) is 0 Å². The molecule has 4 rings (SSSR count). The number of likely N-dealkylation sites (tertiary alicyclic amines) is 1. The molecule has 0 N–H and O–H groups in total. The Labute approximate surface area is 168 Å². The van der Waals surface area contributed by atoms with Crippen LogP contribution in [0.4, 0.5) is 0 Å². The number of rotatable bonds is 4. The first-order valence-corrected chi connectivity index (χ1v) is 10.4. The molecular formula is C24H29N3O. The zero-order valence-electron chi connectivity index (χ0n) is 16.5. The molecule has 2 fully saturated rings. The zero-order chi connectivity index (χ0) is 19.3. The minimum Gasteiger partial charge on any atom is -0.340 e. The Morgan fingerprint density at radius 1 is 0.929 bits per heavy atom. The van der Waals surface area contributed by atoms with E-state index in [9.17, 15) is 4.79 Å². The maximum Gasteiger partial charge on any atom is 0.225 e. The molecule has 0 aliphatic carbocycles. The van der Waals surface area contributed by atoms with Crippen LogP contribution in [0.5, 0.6) is 0 Å². The van der Waals surface area contributed by atoms with E-state index in [-0.39, 0.29) is 5.92 Å². The molecule has 4 nitrogen and oxygen atoms in total. The van der Waals surface area contributed by atoms with Gasteiger partial charge >= 0.3 is 0 Å². The van der Waals surface area contributed by atoms with Crippen LogP contribution in [0, 0.1) is 18.3 Å². The van der Waals surface area contributed by atoms with Crippen LogP contribution in [0.2, 0.25) is 0 Å². The van der Waals surface area contributed by atoms with Gasteiger partial charge in [0.2, 0.25) is 5.91 Å². The molecule has 0 atom stereocenters. The monoisotopic (exact) mass is 375 g/mol. The van der Waals surface area contributed by atoms with E-state index in [2.05, 4.69) is 63.1 Å². The molecule has 0 radical (unpaired) electrons. The summed E-state index contributed by atoms with van der Waals surface area (Å²) < 4.78 is 0. The Morgan fingerprint density at radius 3 is 2.39 bits per heavy atom. The highest BCUT2D eigenvalue weighted by Gasteiger charge is 2.30. The summed E-state index contributed by atoms with van der Waals surface area (Å²) in [5.41, 5.74) is 1.37. The maximum absolute atomic E-state index is 12.9. The van der Waals surface area contributed by atoms with Crippen LogP contribution in [0.15, 0.2) is 42.5 Å². The highest BCUT2D eigenvalue weighted by atomic mass is 16.2. The third-order valence-electron chi connectivity index (χ3n) is 6.21. The first-order valence-electron chi connectivity index (χ1n) is 10.4. The van der Waals surface area contributed by atoms with Gasteiger partial charge in [0.15, 0.2) is 0 Å². The van der Waals surface area contributed by atoms with E-state index >= 15 is 0 Å². The molecule has 4 heteroatoms. The number of amides is 1. The van der Waals surface area contributed by atoms with Crippen molar-refractivity contribution in [2.24, 2.45) is 5.92 Å². The third kappa shape index (κ3) is 4.22. The number of carbonyl (C=O) groups excluding carboxylic acids is 1. The van der Waals surface area contributed by atoms with Gasteiger partial charge in [0.1, 0.15) is 0 Å². The average molecular weight is 376 g/mol. The van der Waals surface area contributed by atoms with Gasteiger partial charge in [-0.3, -0.25) is 14.6 Å². The Kier molecular flexibility index (Phi) is 5.95. The molecule has 0 aromatic heterocycles. The van der Waals surface area contributed by atoms with Gasteiger partial charge in [0.05, 0.1) is 6.54 Å². The topological polar surface area (TPSA) is 26.8 Å². The van der Waals surface area contributed by atoms with Crippen LogP contribution in [0.1, 0.15) is 18.4 Å². The third-order valence-corrected chi connectivity index (χ3v) is 6.21. The predicted octanol–water partition coefficient (Wildman–Crippen LogP) is 2.83. The van der Waals surface area contributed by atoms with Crippen molar-refractivity contribution in [2.45, 2.75) is 19.4 Å². The molecule has 2 aliphatic rings. The Balaban J connectivity index is 1.30. The van der Waals surface area contributed by atoms with Crippen LogP contribution in [0.3, 0.4) is 0 Å². The van der Waals surface area contributed by atoms with Crippen LogP contribution in [0.25, 0.3) is 10.8 Å². The number of terminal acetylenes is 1. The number of carbonyl (C=O) groups is 1. The number of hydrogen-bond donors (Lipinski definition) is 0. The second-order valence-corrected chi connectivity index (χ2v) is 7.99. The summed E-state index contributed by atoms with van der Waals surface area (Å²) in [6.07, 6.45) is 7.28. The molecule has 0 saturated carbocycles. The standard InChI is InChI=1S/C24H29N3O/c1-2-12-25-13-10-21(11-14-25)24(28)27-17-15-26(16-18-27)19-22-8-5-7-20-6-3-4-9-23(20)22/h1,3-9,21H,10-19H2. The summed E-state index contributed by atoms with van der Waals surface area (Å²) in [5.74, 6) is 3.24. The summed E-state index contributed by atoms with van der Waals surface area (Å²) in [4.78, 5) is 19.7. The number of piperidine rings is 1. The summed E-state index contributed by atoms with van der Waals surface area (Å²) in [5, 5.41) is 2.63. The fourth-order valence-corrected chi connectivity index (χ4v) is 4.52. The van der Waals surface area contributed by atoms with E-state index in [4.69, 9.17) is 6.42 Å². The second-order valence-electron chi connectivity index (χ2n) is 7.99. The lowest BCUT2D eigenvalue weighted by Gasteiger charge is -2.38. The maximum atomic E-state index is 12.9. The Hall–Kier alpha value is -2.35. The smallest absolute Gasteiger partial charge is 0.225 e. The minimum absolute atomic E-state index is 0.179. The molecule has 1 amide bonds. The van der Waals surface area contributed by atoms with Gasteiger partial charge in [-0.15, -0.1) is 6.42 Å². The van der Waals surface area contributed by atoms with Gasteiger partial charge in [0.25, 0.3) is 0 Å². The molecule has 2 saturated heterocycles. The van der Waals surface area contributed by atoms with Gasteiger partial charge in [-0.05, 0) is 42.3 Å². The molecule has 2 aromatic carbocycles. The van der Waals surface area contributed by atoms with Crippen molar-refractivity contribution in [3.8, 4) is 12.3 Å². The fourth-order valence-electron chi connectivity index (χ4n) is 4.52. The summed E-state index contributed by atoms with van der Waals surface area (Å²) >= 11 is 0. The molecule has 2 aromatic rings. The molecule has 146 valence electrons. The van der Waals surface area contributed by atoms with Crippen LogP contribution in [-0.2, 0) is 11.3 Å². The Bertz CT molecular complexity index is 850. The van der Waals surface area contributed by atoms with Crippen molar-refractivity contribution in [3.63, 3.8) is 0 Å². The first kappa shape index (κ1) is 19.0. The van der Waals surface area contributed by atoms with Crippen molar-refractivity contribution < 1.29 is 4.79 Å². The van der Waals surface area contributed by atoms with E-state index in [0.29, 0.717) is 12.5 Å². The molecule has 2 heterocycles. The van der Waals surface area contributed by atoms with Crippen molar-refractivity contribution >= 4 is 16.7 Å². The van der Waals surface area contributed by atoms with Crippen LogP contribution < -0.4 is 0 Å². The zero-order valence-corrected chi connectivity index (χ0v) is 16.5. The minimum atomic E-state index is 0.179. The highest BCUT2D eigenvalue weighted by Crippen LogP contribution is 2.22. The molecule has 28 heavy (non-hydrogen) atoms. The molecular weight excluding hydrogens is 346 g/mol. The number of nitrogens with zero attached hydrogens (tertiary/aromatic N) is 3. The lowest BCUT2D eigenvalue weighted by atomic mass is 9.95. The van der Waals surface area contributed by atoms with Gasteiger partial charge in [-0.25, -0.2) is 0 Å². The number of hydrogen-bond acceptors (Lipinski definition) is 3. The average Bonchev–Trinajstić information content (AvgIpc) is 2.75. The molecule has 2 aliphatic heterocycles. The largest absolute Gasteiger partial charge is 0.340 e. The van der Waals surface area contributed by atoms with E-state index in [1.165, 1.54) is 16.3 Å². The summed E-state index contributed by atoms with van der Waals surface area (Å²) in [6.45, 7) is 7.13.